The molecule has 0 saturated carbocycles. The minimum atomic E-state index is -0.228. The molecule has 0 aliphatic carbocycles. The largest absolute Gasteiger partial charge is 0.324 e. The Balaban J connectivity index is 1.72. The van der Waals surface area contributed by atoms with E-state index >= 15 is 0 Å². The van der Waals surface area contributed by atoms with E-state index in [1.165, 1.54) is 12.4 Å². The molecule has 0 atom stereocenters. The van der Waals surface area contributed by atoms with Gasteiger partial charge in [-0.2, -0.15) is 0 Å². The fraction of sp³-hybridized carbons (Fsp3) is 0.190. The lowest BCUT2D eigenvalue weighted by Gasteiger charge is -2.10. The fourth-order valence-corrected chi connectivity index (χ4v) is 2.75. The van der Waals surface area contributed by atoms with Crippen LogP contribution in [0.15, 0.2) is 48.8 Å². The SMILES string of the molecule is Cc1cc(C)cc(NC(=O)c2cnc(Nc3cc(C)ccc3C)nc2)c1. The average Bonchev–Trinajstić information content (AvgIpc) is 2.58. The Hall–Kier alpha value is -3.21. The summed E-state index contributed by atoms with van der Waals surface area (Å²) in [6.07, 6.45) is 3.05. The van der Waals surface area contributed by atoms with Crippen LogP contribution < -0.4 is 10.6 Å². The minimum absolute atomic E-state index is 0.228. The molecule has 0 aliphatic heterocycles. The molecule has 1 heterocycles. The summed E-state index contributed by atoms with van der Waals surface area (Å²) >= 11 is 0. The van der Waals surface area contributed by atoms with Crippen LogP contribution in [0.4, 0.5) is 17.3 Å². The molecule has 0 spiro atoms. The molecule has 0 aliphatic rings. The van der Waals surface area contributed by atoms with E-state index < -0.39 is 0 Å². The molecule has 0 radical (unpaired) electrons. The van der Waals surface area contributed by atoms with Crippen LogP contribution in [-0.4, -0.2) is 15.9 Å². The van der Waals surface area contributed by atoms with Crippen LogP contribution in [0.2, 0.25) is 0 Å². The van der Waals surface area contributed by atoms with E-state index in [0.717, 1.165) is 33.6 Å². The Kier molecular flexibility index (Phi) is 4.98. The Morgan fingerprint density at radius 1 is 0.846 bits per heavy atom. The molecular weight excluding hydrogens is 324 g/mol. The molecule has 3 rings (SSSR count). The summed E-state index contributed by atoms with van der Waals surface area (Å²) in [7, 11) is 0. The summed E-state index contributed by atoms with van der Waals surface area (Å²) < 4.78 is 0. The van der Waals surface area contributed by atoms with Gasteiger partial charge in [0, 0.05) is 23.8 Å². The van der Waals surface area contributed by atoms with E-state index in [0.29, 0.717) is 11.5 Å². The smallest absolute Gasteiger partial charge is 0.258 e. The van der Waals surface area contributed by atoms with Gasteiger partial charge in [0.15, 0.2) is 0 Å². The first-order valence-corrected chi connectivity index (χ1v) is 8.47. The highest BCUT2D eigenvalue weighted by atomic mass is 16.1. The van der Waals surface area contributed by atoms with Crippen LogP contribution in [-0.2, 0) is 0 Å². The standard InChI is InChI=1S/C21H22N4O/c1-13-5-6-16(4)19(10-13)25-21-22-11-17(12-23-21)20(26)24-18-8-14(2)7-15(3)9-18/h5-12H,1-4H3,(H,24,26)(H,22,23,25). The molecule has 3 aromatic rings. The molecule has 2 N–H and O–H groups in total. The fourth-order valence-electron chi connectivity index (χ4n) is 2.75. The number of hydrogen-bond donors (Lipinski definition) is 2. The van der Waals surface area contributed by atoms with Crippen LogP contribution >= 0.6 is 0 Å². The van der Waals surface area contributed by atoms with Gasteiger partial charge in [0.2, 0.25) is 5.95 Å². The topological polar surface area (TPSA) is 66.9 Å². The molecule has 132 valence electrons. The first kappa shape index (κ1) is 17.6. The summed E-state index contributed by atoms with van der Waals surface area (Å²) in [5.74, 6) is 0.231. The lowest BCUT2D eigenvalue weighted by molar-refractivity contribution is 0.102. The van der Waals surface area contributed by atoms with E-state index in [2.05, 4.69) is 32.7 Å². The molecule has 2 aromatic carbocycles. The van der Waals surface area contributed by atoms with Crippen molar-refractivity contribution < 1.29 is 4.79 Å². The highest BCUT2D eigenvalue weighted by Gasteiger charge is 2.09. The number of benzene rings is 2. The minimum Gasteiger partial charge on any atom is -0.324 e. The van der Waals surface area contributed by atoms with Crippen molar-refractivity contribution in [3.8, 4) is 0 Å². The highest BCUT2D eigenvalue weighted by molar-refractivity contribution is 6.04. The highest BCUT2D eigenvalue weighted by Crippen LogP contribution is 2.20. The van der Waals surface area contributed by atoms with Crippen molar-refractivity contribution in [2.75, 3.05) is 10.6 Å². The van der Waals surface area contributed by atoms with Crippen LogP contribution in [0, 0.1) is 27.7 Å². The Bertz CT molecular complexity index is 928. The quantitative estimate of drug-likeness (QED) is 0.718. The zero-order chi connectivity index (χ0) is 18.7. The zero-order valence-corrected chi connectivity index (χ0v) is 15.4. The molecule has 1 aromatic heterocycles. The van der Waals surface area contributed by atoms with E-state index in [1.54, 1.807) is 0 Å². The van der Waals surface area contributed by atoms with Gasteiger partial charge >= 0.3 is 0 Å². The summed E-state index contributed by atoms with van der Waals surface area (Å²) in [6.45, 7) is 8.05. The summed E-state index contributed by atoms with van der Waals surface area (Å²) in [4.78, 5) is 20.9. The van der Waals surface area contributed by atoms with Crippen molar-refractivity contribution in [3.63, 3.8) is 0 Å². The maximum atomic E-state index is 12.4. The predicted octanol–water partition coefficient (Wildman–Crippen LogP) is 4.71. The first-order valence-electron chi connectivity index (χ1n) is 8.47. The van der Waals surface area contributed by atoms with Crippen molar-refractivity contribution in [1.29, 1.82) is 0 Å². The van der Waals surface area contributed by atoms with Crippen molar-refractivity contribution in [3.05, 3.63) is 76.6 Å². The van der Waals surface area contributed by atoms with Crippen molar-refractivity contribution in [2.45, 2.75) is 27.7 Å². The molecule has 0 fully saturated rings. The summed E-state index contributed by atoms with van der Waals surface area (Å²) in [6, 6.07) is 12.1. The zero-order valence-electron chi connectivity index (χ0n) is 15.4. The molecule has 5 nitrogen and oxygen atoms in total. The van der Waals surface area contributed by atoms with Crippen molar-refractivity contribution in [1.82, 2.24) is 9.97 Å². The number of hydrogen-bond acceptors (Lipinski definition) is 4. The lowest BCUT2D eigenvalue weighted by atomic mass is 10.1. The van der Waals surface area contributed by atoms with E-state index in [9.17, 15) is 4.79 Å². The average molecular weight is 346 g/mol. The number of amides is 1. The number of nitrogens with one attached hydrogen (secondary N) is 2. The second kappa shape index (κ2) is 7.35. The third-order valence-electron chi connectivity index (χ3n) is 4.03. The molecule has 0 bridgehead atoms. The summed E-state index contributed by atoms with van der Waals surface area (Å²) in [5, 5.41) is 6.08. The summed E-state index contributed by atoms with van der Waals surface area (Å²) in [5.41, 5.74) is 6.60. The van der Waals surface area contributed by atoms with Crippen LogP contribution in [0.25, 0.3) is 0 Å². The lowest BCUT2D eigenvalue weighted by Crippen LogP contribution is -2.13. The van der Waals surface area contributed by atoms with Gasteiger partial charge < -0.3 is 10.6 Å². The second-order valence-electron chi connectivity index (χ2n) is 6.57. The van der Waals surface area contributed by atoms with E-state index in [4.69, 9.17) is 0 Å². The van der Waals surface area contributed by atoms with Crippen LogP contribution in [0.1, 0.15) is 32.6 Å². The van der Waals surface area contributed by atoms with Gasteiger partial charge in [0.1, 0.15) is 0 Å². The normalized spacial score (nSPS) is 10.5. The number of aromatic nitrogens is 2. The van der Waals surface area contributed by atoms with Crippen LogP contribution in [0.3, 0.4) is 0 Å². The predicted molar refractivity (Wildman–Crippen MR) is 105 cm³/mol. The monoisotopic (exact) mass is 346 g/mol. The van der Waals surface area contributed by atoms with Gasteiger partial charge in [-0.1, -0.05) is 18.2 Å². The molecule has 26 heavy (non-hydrogen) atoms. The van der Waals surface area contributed by atoms with Gasteiger partial charge in [-0.15, -0.1) is 0 Å². The third kappa shape index (κ3) is 4.25. The Labute approximate surface area is 153 Å². The van der Waals surface area contributed by atoms with Gasteiger partial charge in [-0.25, -0.2) is 9.97 Å². The molecule has 1 amide bonds. The van der Waals surface area contributed by atoms with E-state index in [-0.39, 0.29) is 5.91 Å². The second-order valence-corrected chi connectivity index (χ2v) is 6.57. The van der Waals surface area contributed by atoms with Crippen molar-refractivity contribution in [2.24, 2.45) is 0 Å². The molecule has 0 saturated heterocycles. The molecular formula is C21H22N4O. The van der Waals surface area contributed by atoms with Gasteiger partial charge in [-0.05, 0) is 68.1 Å². The Morgan fingerprint density at radius 3 is 2.15 bits per heavy atom. The van der Waals surface area contributed by atoms with Gasteiger partial charge in [-0.3, -0.25) is 4.79 Å². The third-order valence-corrected chi connectivity index (χ3v) is 4.03. The number of carbonyl (C=O) groups is 1. The van der Waals surface area contributed by atoms with Crippen molar-refractivity contribution >= 4 is 23.2 Å². The molecule has 0 unspecified atom stereocenters. The number of carbonyl (C=O) groups excluding carboxylic acids is 1. The number of rotatable bonds is 4. The Morgan fingerprint density at radius 2 is 1.50 bits per heavy atom. The first-order chi connectivity index (χ1) is 12.4. The molecule has 5 heteroatoms. The van der Waals surface area contributed by atoms with E-state index in [1.807, 2.05) is 52.0 Å². The number of aryl methyl sites for hydroxylation is 4. The number of nitrogens with zero attached hydrogens (tertiary/aromatic N) is 2. The maximum Gasteiger partial charge on any atom is 0.258 e. The van der Waals surface area contributed by atoms with Gasteiger partial charge in [0.25, 0.3) is 5.91 Å². The van der Waals surface area contributed by atoms with Crippen LogP contribution in [0.5, 0.6) is 0 Å². The van der Waals surface area contributed by atoms with Gasteiger partial charge in [0.05, 0.1) is 5.56 Å². The maximum absolute atomic E-state index is 12.4. The number of anilines is 3.